The summed E-state index contributed by atoms with van der Waals surface area (Å²) in [7, 11) is 0. The van der Waals surface area contributed by atoms with Gasteiger partial charge in [0.25, 0.3) is 0 Å². The van der Waals surface area contributed by atoms with Crippen molar-refractivity contribution in [1.29, 1.82) is 0 Å². The van der Waals surface area contributed by atoms with Gasteiger partial charge in [0.05, 0.1) is 38.1 Å². The predicted octanol–water partition coefficient (Wildman–Crippen LogP) is 0.911. The molecule has 0 aliphatic heterocycles. The number of aromatic nitrogens is 2. The van der Waals surface area contributed by atoms with Gasteiger partial charge < -0.3 is 9.84 Å². The van der Waals surface area contributed by atoms with Crippen molar-refractivity contribution in [2.75, 3.05) is 19.8 Å². The first-order chi connectivity index (χ1) is 7.04. The van der Waals surface area contributed by atoms with Gasteiger partial charge in [-0.25, -0.2) is 0 Å². The van der Waals surface area contributed by atoms with Crippen molar-refractivity contribution in [2.45, 2.75) is 12.7 Å². The lowest BCUT2D eigenvalue weighted by atomic mass is 10.4. The number of nitrogens with zero attached hydrogens (tertiary/aromatic N) is 2. The van der Waals surface area contributed by atoms with Gasteiger partial charge in [0.15, 0.2) is 0 Å². The monoisotopic (exact) mass is 224 g/mol. The second-order valence-electron chi connectivity index (χ2n) is 2.83. The average Bonchev–Trinajstić information content (AvgIpc) is 2.60. The van der Waals surface area contributed by atoms with Gasteiger partial charge in [-0.2, -0.15) is 18.3 Å². The molecule has 1 aromatic rings. The minimum absolute atomic E-state index is 0.104. The molecule has 4 nitrogen and oxygen atoms in total. The Kier molecular flexibility index (Phi) is 4.10. The van der Waals surface area contributed by atoms with Gasteiger partial charge in [-0.1, -0.05) is 0 Å². The Labute approximate surface area is 84.3 Å². The van der Waals surface area contributed by atoms with Crippen molar-refractivity contribution in [3.8, 4) is 0 Å². The van der Waals surface area contributed by atoms with Crippen LogP contribution in [0.2, 0.25) is 0 Å². The third-order valence-corrected chi connectivity index (χ3v) is 1.66. The molecule has 86 valence electrons. The minimum Gasteiger partial charge on any atom is -0.394 e. The van der Waals surface area contributed by atoms with Crippen molar-refractivity contribution in [1.82, 2.24) is 9.78 Å². The highest BCUT2D eigenvalue weighted by Gasteiger charge is 2.31. The first-order valence-corrected chi connectivity index (χ1v) is 4.32. The summed E-state index contributed by atoms with van der Waals surface area (Å²) in [4.78, 5) is 0. The van der Waals surface area contributed by atoms with E-state index in [-0.39, 0.29) is 26.4 Å². The maximum Gasteiger partial charge on any atom is 0.419 e. The Bertz CT molecular complexity index is 298. The maximum atomic E-state index is 12.1. The van der Waals surface area contributed by atoms with E-state index in [1.807, 2.05) is 0 Å². The molecule has 0 bridgehead atoms. The van der Waals surface area contributed by atoms with Gasteiger partial charge >= 0.3 is 6.18 Å². The Balaban J connectivity index is 2.40. The minimum atomic E-state index is -4.36. The number of hydrogen-bond donors (Lipinski definition) is 1. The summed E-state index contributed by atoms with van der Waals surface area (Å²) in [6.45, 7) is 0.524. The number of ether oxygens (including phenoxy) is 1. The van der Waals surface area contributed by atoms with E-state index >= 15 is 0 Å². The van der Waals surface area contributed by atoms with E-state index in [2.05, 4.69) is 5.10 Å². The fourth-order valence-electron chi connectivity index (χ4n) is 0.957. The van der Waals surface area contributed by atoms with Gasteiger partial charge in [-0.15, -0.1) is 0 Å². The molecule has 0 saturated carbocycles. The van der Waals surface area contributed by atoms with Gasteiger partial charge in [0, 0.05) is 6.20 Å². The van der Waals surface area contributed by atoms with Crippen LogP contribution in [0.4, 0.5) is 13.2 Å². The van der Waals surface area contributed by atoms with E-state index in [1.54, 1.807) is 0 Å². The normalized spacial score (nSPS) is 12.0. The van der Waals surface area contributed by atoms with Crippen LogP contribution in [0.15, 0.2) is 12.4 Å². The van der Waals surface area contributed by atoms with Crippen LogP contribution in [0.1, 0.15) is 5.56 Å². The fourth-order valence-corrected chi connectivity index (χ4v) is 0.957. The van der Waals surface area contributed by atoms with Crippen LogP contribution in [0.5, 0.6) is 0 Å². The second-order valence-corrected chi connectivity index (χ2v) is 2.83. The summed E-state index contributed by atoms with van der Waals surface area (Å²) < 4.78 is 42.4. The Morgan fingerprint density at radius 3 is 2.67 bits per heavy atom. The molecule has 1 rings (SSSR count). The highest BCUT2D eigenvalue weighted by atomic mass is 19.4. The van der Waals surface area contributed by atoms with Gasteiger partial charge in [-0.3, -0.25) is 4.68 Å². The summed E-state index contributed by atoms with van der Waals surface area (Å²) in [5.41, 5.74) is -0.773. The van der Waals surface area contributed by atoms with Crippen LogP contribution < -0.4 is 0 Å². The van der Waals surface area contributed by atoms with E-state index in [1.165, 1.54) is 0 Å². The van der Waals surface area contributed by atoms with Crippen molar-refractivity contribution in [3.05, 3.63) is 18.0 Å². The molecule has 0 radical (unpaired) electrons. The fraction of sp³-hybridized carbons (Fsp3) is 0.625. The van der Waals surface area contributed by atoms with Crippen LogP contribution in [0, 0.1) is 0 Å². The van der Waals surface area contributed by atoms with Gasteiger partial charge in [0.2, 0.25) is 0 Å². The molecule has 0 aliphatic rings. The van der Waals surface area contributed by atoms with Crippen LogP contribution in [0.25, 0.3) is 0 Å². The molecule has 1 aromatic heterocycles. The maximum absolute atomic E-state index is 12.1. The highest BCUT2D eigenvalue weighted by Crippen LogP contribution is 2.28. The molecule has 1 heterocycles. The van der Waals surface area contributed by atoms with Crippen LogP contribution in [0.3, 0.4) is 0 Å². The van der Waals surface area contributed by atoms with Gasteiger partial charge in [0.1, 0.15) is 0 Å². The molecule has 15 heavy (non-hydrogen) atoms. The van der Waals surface area contributed by atoms with E-state index in [0.717, 1.165) is 17.1 Å². The number of halogens is 3. The summed E-state index contributed by atoms with van der Waals surface area (Å²) in [5.74, 6) is 0. The summed E-state index contributed by atoms with van der Waals surface area (Å²) in [6, 6.07) is 0. The number of aliphatic hydroxyl groups excluding tert-OH is 1. The molecular formula is C8H11F3N2O2. The SMILES string of the molecule is OCCOCCn1cc(C(F)(F)F)cn1. The number of hydrogen-bond acceptors (Lipinski definition) is 3. The third kappa shape index (κ3) is 3.88. The summed E-state index contributed by atoms with van der Waals surface area (Å²) in [6.07, 6.45) is -2.67. The van der Waals surface area contributed by atoms with Gasteiger partial charge in [-0.05, 0) is 0 Å². The third-order valence-electron chi connectivity index (χ3n) is 1.66. The van der Waals surface area contributed by atoms with E-state index in [4.69, 9.17) is 9.84 Å². The Hall–Kier alpha value is -1.08. The predicted molar refractivity (Wildman–Crippen MR) is 45.1 cm³/mol. The molecule has 0 fully saturated rings. The molecule has 0 aliphatic carbocycles. The van der Waals surface area contributed by atoms with Crippen LogP contribution >= 0.6 is 0 Å². The van der Waals surface area contributed by atoms with Crippen molar-refractivity contribution < 1.29 is 23.0 Å². The number of alkyl halides is 3. The zero-order chi connectivity index (χ0) is 11.3. The second kappa shape index (κ2) is 5.13. The van der Waals surface area contributed by atoms with Crippen molar-refractivity contribution >= 4 is 0 Å². The lowest BCUT2D eigenvalue weighted by Crippen LogP contribution is -2.09. The zero-order valence-electron chi connectivity index (χ0n) is 7.87. The molecule has 0 saturated heterocycles. The summed E-state index contributed by atoms with van der Waals surface area (Å²) in [5, 5.41) is 11.9. The summed E-state index contributed by atoms with van der Waals surface area (Å²) >= 11 is 0. The van der Waals surface area contributed by atoms with Crippen molar-refractivity contribution in [2.24, 2.45) is 0 Å². The first kappa shape index (κ1) is 12.0. The van der Waals surface area contributed by atoms with Crippen LogP contribution in [-0.2, 0) is 17.5 Å². The largest absolute Gasteiger partial charge is 0.419 e. The van der Waals surface area contributed by atoms with Crippen molar-refractivity contribution in [3.63, 3.8) is 0 Å². The Morgan fingerprint density at radius 1 is 1.40 bits per heavy atom. The standard InChI is InChI=1S/C8H11F3N2O2/c9-8(10,11)7-5-12-13(6-7)1-3-15-4-2-14/h5-6,14H,1-4H2. The molecule has 0 amide bonds. The van der Waals surface area contributed by atoms with Crippen LogP contribution in [-0.4, -0.2) is 34.7 Å². The van der Waals surface area contributed by atoms with E-state index in [0.29, 0.717) is 0 Å². The van der Waals surface area contributed by atoms with E-state index < -0.39 is 11.7 Å². The first-order valence-electron chi connectivity index (χ1n) is 4.32. The molecule has 7 heteroatoms. The molecule has 0 atom stereocenters. The Morgan fingerprint density at radius 2 is 2.13 bits per heavy atom. The average molecular weight is 224 g/mol. The quantitative estimate of drug-likeness (QED) is 0.756. The molecular weight excluding hydrogens is 213 g/mol. The highest BCUT2D eigenvalue weighted by molar-refractivity contribution is 5.08. The molecule has 1 N–H and O–H groups in total. The zero-order valence-corrected chi connectivity index (χ0v) is 7.87. The number of aliphatic hydroxyl groups is 1. The lowest BCUT2D eigenvalue weighted by molar-refractivity contribution is -0.137. The molecule has 0 aromatic carbocycles. The number of rotatable bonds is 5. The molecule has 0 spiro atoms. The smallest absolute Gasteiger partial charge is 0.394 e. The lowest BCUT2D eigenvalue weighted by Gasteiger charge is -2.03. The molecule has 0 unspecified atom stereocenters. The topological polar surface area (TPSA) is 47.3 Å². The van der Waals surface area contributed by atoms with E-state index in [9.17, 15) is 13.2 Å².